The lowest BCUT2D eigenvalue weighted by molar-refractivity contribution is 0.0346. The van der Waals surface area contributed by atoms with Crippen molar-refractivity contribution in [3.8, 4) is 0 Å². The Bertz CT molecular complexity index is 157. The van der Waals surface area contributed by atoms with Gasteiger partial charge in [0.1, 0.15) is 0 Å². The molecule has 0 aromatic carbocycles. The summed E-state index contributed by atoms with van der Waals surface area (Å²) in [5, 5.41) is 0. The van der Waals surface area contributed by atoms with Crippen molar-refractivity contribution in [3.63, 3.8) is 0 Å². The molecule has 0 aliphatic carbocycles. The molecule has 2 nitrogen and oxygen atoms in total. The maximum absolute atomic E-state index is 6.20. The van der Waals surface area contributed by atoms with E-state index < -0.39 is 0 Å². The van der Waals surface area contributed by atoms with E-state index in [0.29, 0.717) is 5.92 Å². The van der Waals surface area contributed by atoms with Crippen molar-refractivity contribution in [3.05, 3.63) is 0 Å². The van der Waals surface area contributed by atoms with Gasteiger partial charge < -0.3 is 5.73 Å². The van der Waals surface area contributed by atoms with Crippen molar-refractivity contribution >= 4 is 0 Å². The lowest BCUT2D eigenvalue weighted by Crippen LogP contribution is -2.69. The molecule has 1 aliphatic heterocycles. The van der Waals surface area contributed by atoms with Gasteiger partial charge in [0, 0.05) is 18.6 Å². The van der Waals surface area contributed by atoms with Crippen LogP contribution in [0.2, 0.25) is 0 Å². The fourth-order valence-corrected chi connectivity index (χ4v) is 1.75. The number of likely N-dealkylation sites (tertiary alicyclic amines) is 1. The first-order chi connectivity index (χ1) is 5.94. The van der Waals surface area contributed by atoms with Crippen molar-refractivity contribution < 1.29 is 0 Å². The molecule has 0 spiro atoms. The Hall–Kier alpha value is -0.0800. The van der Waals surface area contributed by atoms with Gasteiger partial charge in [-0.05, 0) is 24.8 Å². The molecule has 1 rings (SSSR count). The van der Waals surface area contributed by atoms with Crippen LogP contribution in [0.4, 0.5) is 0 Å². The minimum absolute atomic E-state index is 0.108. The maximum Gasteiger partial charge on any atom is 0.0435 e. The SMILES string of the molecule is CC(C)CCN1CC(N)(C(C)C)C1. The van der Waals surface area contributed by atoms with E-state index in [1.807, 2.05) is 0 Å². The van der Waals surface area contributed by atoms with Crippen LogP contribution >= 0.6 is 0 Å². The van der Waals surface area contributed by atoms with E-state index in [2.05, 4.69) is 32.6 Å². The molecule has 0 amide bonds. The summed E-state index contributed by atoms with van der Waals surface area (Å²) in [6.07, 6.45) is 1.30. The van der Waals surface area contributed by atoms with Gasteiger partial charge in [0.2, 0.25) is 0 Å². The lowest BCUT2D eigenvalue weighted by Gasteiger charge is -2.50. The van der Waals surface area contributed by atoms with E-state index in [9.17, 15) is 0 Å². The van der Waals surface area contributed by atoms with Crippen LogP contribution in [0.1, 0.15) is 34.1 Å². The third kappa shape index (κ3) is 2.68. The normalized spacial score (nSPS) is 22.4. The average molecular weight is 184 g/mol. The van der Waals surface area contributed by atoms with Crippen LogP contribution in [-0.2, 0) is 0 Å². The van der Waals surface area contributed by atoms with Gasteiger partial charge in [0.15, 0.2) is 0 Å². The van der Waals surface area contributed by atoms with E-state index in [1.165, 1.54) is 13.0 Å². The van der Waals surface area contributed by atoms with Crippen LogP contribution in [0.5, 0.6) is 0 Å². The van der Waals surface area contributed by atoms with Gasteiger partial charge in [-0.25, -0.2) is 0 Å². The predicted octanol–water partition coefficient (Wildman–Crippen LogP) is 1.70. The van der Waals surface area contributed by atoms with Crippen molar-refractivity contribution in [2.24, 2.45) is 17.6 Å². The smallest absolute Gasteiger partial charge is 0.0435 e. The summed E-state index contributed by atoms with van der Waals surface area (Å²) in [7, 11) is 0. The van der Waals surface area contributed by atoms with Crippen molar-refractivity contribution in [1.82, 2.24) is 4.90 Å². The second kappa shape index (κ2) is 3.97. The van der Waals surface area contributed by atoms with Gasteiger partial charge in [-0.15, -0.1) is 0 Å². The Morgan fingerprint density at radius 1 is 1.23 bits per heavy atom. The molecule has 0 aromatic heterocycles. The van der Waals surface area contributed by atoms with Gasteiger partial charge in [-0.3, -0.25) is 4.90 Å². The second-order valence-electron chi connectivity index (χ2n) is 5.28. The molecule has 1 fully saturated rings. The van der Waals surface area contributed by atoms with Gasteiger partial charge in [0.05, 0.1) is 0 Å². The zero-order chi connectivity index (χ0) is 10.1. The molecule has 13 heavy (non-hydrogen) atoms. The minimum atomic E-state index is 0.108. The minimum Gasteiger partial charge on any atom is -0.323 e. The van der Waals surface area contributed by atoms with Crippen LogP contribution in [-0.4, -0.2) is 30.1 Å². The van der Waals surface area contributed by atoms with E-state index >= 15 is 0 Å². The number of nitrogens with two attached hydrogens (primary N) is 1. The molecule has 2 heteroatoms. The van der Waals surface area contributed by atoms with Crippen molar-refractivity contribution in [2.45, 2.75) is 39.7 Å². The quantitative estimate of drug-likeness (QED) is 0.720. The highest BCUT2D eigenvalue weighted by Crippen LogP contribution is 2.26. The number of rotatable bonds is 4. The first-order valence-electron chi connectivity index (χ1n) is 5.45. The Morgan fingerprint density at radius 2 is 1.77 bits per heavy atom. The van der Waals surface area contributed by atoms with Crippen molar-refractivity contribution in [1.29, 1.82) is 0 Å². The molecule has 1 saturated heterocycles. The standard InChI is InChI=1S/C11H24N2/c1-9(2)5-6-13-7-11(12,8-13)10(3)4/h9-10H,5-8,12H2,1-4H3. The molecule has 78 valence electrons. The Labute approximate surface area is 82.5 Å². The summed E-state index contributed by atoms with van der Waals surface area (Å²) in [5.41, 5.74) is 6.31. The van der Waals surface area contributed by atoms with E-state index in [1.54, 1.807) is 0 Å². The third-order valence-electron chi connectivity index (χ3n) is 3.21. The molecule has 0 atom stereocenters. The monoisotopic (exact) mass is 184 g/mol. The molecule has 0 saturated carbocycles. The summed E-state index contributed by atoms with van der Waals surface area (Å²) in [5.74, 6) is 1.43. The maximum atomic E-state index is 6.20. The summed E-state index contributed by atoms with van der Waals surface area (Å²) >= 11 is 0. The van der Waals surface area contributed by atoms with Gasteiger partial charge >= 0.3 is 0 Å². The van der Waals surface area contributed by atoms with E-state index in [4.69, 9.17) is 5.73 Å². The highest BCUT2D eigenvalue weighted by Gasteiger charge is 2.41. The van der Waals surface area contributed by atoms with Crippen molar-refractivity contribution in [2.75, 3.05) is 19.6 Å². The molecular formula is C11H24N2. The number of hydrogen-bond acceptors (Lipinski definition) is 2. The fraction of sp³-hybridized carbons (Fsp3) is 1.00. The topological polar surface area (TPSA) is 29.3 Å². The van der Waals surface area contributed by atoms with Gasteiger partial charge in [-0.1, -0.05) is 27.7 Å². The predicted molar refractivity (Wildman–Crippen MR) is 57.7 cm³/mol. The van der Waals surface area contributed by atoms with Crippen LogP contribution < -0.4 is 5.73 Å². The summed E-state index contributed by atoms with van der Waals surface area (Å²) in [4.78, 5) is 2.47. The molecule has 0 unspecified atom stereocenters. The molecule has 0 bridgehead atoms. The number of nitrogens with zero attached hydrogens (tertiary/aromatic N) is 1. The Morgan fingerprint density at radius 3 is 2.15 bits per heavy atom. The molecular weight excluding hydrogens is 160 g/mol. The molecule has 2 N–H and O–H groups in total. The Balaban J connectivity index is 2.18. The summed E-state index contributed by atoms with van der Waals surface area (Å²) in [6.45, 7) is 12.4. The van der Waals surface area contributed by atoms with Crippen LogP contribution in [0.3, 0.4) is 0 Å². The van der Waals surface area contributed by atoms with Crippen LogP contribution in [0.15, 0.2) is 0 Å². The molecule has 1 aliphatic rings. The third-order valence-corrected chi connectivity index (χ3v) is 3.21. The zero-order valence-corrected chi connectivity index (χ0v) is 9.51. The molecule has 1 heterocycles. The zero-order valence-electron chi connectivity index (χ0n) is 9.51. The summed E-state index contributed by atoms with van der Waals surface area (Å²) in [6, 6.07) is 0. The number of hydrogen-bond donors (Lipinski definition) is 1. The Kier molecular flexibility index (Phi) is 3.36. The molecule has 0 aromatic rings. The van der Waals surface area contributed by atoms with Gasteiger partial charge in [0.25, 0.3) is 0 Å². The highest BCUT2D eigenvalue weighted by molar-refractivity contribution is 5.01. The van der Waals surface area contributed by atoms with E-state index in [-0.39, 0.29) is 5.54 Å². The second-order valence-corrected chi connectivity index (χ2v) is 5.28. The fourth-order valence-electron chi connectivity index (χ4n) is 1.75. The first-order valence-corrected chi connectivity index (χ1v) is 5.45. The van der Waals surface area contributed by atoms with Crippen LogP contribution in [0, 0.1) is 11.8 Å². The van der Waals surface area contributed by atoms with Gasteiger partial charge in [-0.2, -0.15) is 0 Å². The van der Waals surface area contributed by atoms with E-state index in [0.717, 1.165) is 19.0 Å². The highest BCUT2D eigenvalue weighted by atomic mass is 15.2. The average Bonchev–Trinajstić information content (AvgIpc) is 1.95. The van der Waals surface area contributed by atoms with Crippen LogP contribution in [0.25, 0.3) is 0 Å². The molecule has 0 radical (unpaired) electrons. The lowest BCUT2D eigenvalue weighted by atomic mass is 9.80. The summed E-state index contributed by atoms with van der Waals surface area (Å²) < 4.78 is 0. The largest absolute Gasteiger partial charge is 0.323 e. The first kappa shape index (κ1) is 11.0.